The zero-order valence-electron chi connectivity index (χ0n) is 11.5. The van der Waals surface area contributed by atoms with Crippen molar-refractivity contribution >= 4 is 39.1 Å². The molecular weight excluding hydrogens is 292 g/mol. The van der Waals surface area contributed by atoms with Crippen LogP contribution in [0, 0.1) is 0 Å². The fourth-order valence-electron chi connectivity index (χ4n) is 2.19. The molecule has 0 aliphatic rings. The lowest BCUT2D eigenvalue weighted by atomic mass is 10.4. The van der Waals surface area contributed by atoms with Gasteiger partial charge in [-0.3, -0.25) is 13.8 Å². The van der Waals surface area contributed by atoms with E-state index in [2.05, 4.69) is 17.1 Å². The largest absolute Gasteiger partial charge is 0.276 e. The van der Waals surface area contributed by atoms with Crippen LogP contribution in [0.3, 0.4) is 0 Å². The van der Waals surface area contributed by atoms with Gasteiger partial charge in [0.25, 0.3) is 5.56 Å². The Morgan fingerprint density at radius 3 is 2.95 bits per heavy atom. The third kappa shape index (κ3) is 2.05. The molecule has 0 fully saturated rings. The highest BCUT2D eigenvalue weighted by atomic mass is 32.2. The molecule has 0 atom stereocenters. The zero-order valence-corrected chi connectivity index (χ0v) is 13.1. The van der Waals surface area contributed by atoms with Gasteiger partial charge in [0.05, 0.1) is 5.52 Å². The van der Waals surface area contributed by atoms with E-state index in [9.17, 15) is 4.79 Å². The standard InChI is InChI=1S/C13H16N4OS2/c1-3-5-7-20-13-15-14-12-16(4-2)11(18)10-9(17(12)13)6-8-19-10/h6,8H,3-5,7H2,1-2H3. The molecule has 0 saturated heterocycles. The number of aryl methyl sites for hydroxylation is 1. The van der Waals surface area contributed by atoms with E-state index in [1.807, 2.05) is 22.8 Å². The first-order valence-corrected chi connectivity index (χ1v) is 8.62. The Hall–Kier alpha value is -1.34. The summed E-state index contributed by atoms with van der Waals surface area (Å²) in [6.07, 6.45) is 2.32. The van der Waals surface area contributed by atoms with Gasteiger partial charge in [-0.25, -0.2) is 0 Å². The number of nitrogens with zero attached hydrogens (tertiary/aromatic N) is 4. The van der Waals surface area contributed by atoms with Crippen LogP contribution in [-0.4, -0.2) is 24.9 Å². The maximum Gasteiger partial charge on any atom is 0.272 e. The van der Waals surface area contributed by atoms with E-state index >= 15 is 0 Å². The summed E-state index contributed by atoms with van der Waals surface area (Å²) >= 11 is 3.18. The predicted octanol–water partition coefficient (Wildman–Crippen LogP) is 3.02. The molecule has 5 nitrogen and oxygen atoms in total. The Labute approximate surface area is 124 Å². The first kappa shape index (κ1) is 13.6. The van der Waals surface area contributed by atoms with Crippen LogP contribution in [0.5, 0.6) is 0 Å². The second-order valence-corrected chi connectivity index (χ2v) is 6.48. The molecule has 3 heterocycles. The van der Waals surface area contributed by atoms with E-state index in [-0.39, 0.29) is 5.56 Å². The van der Waals surface area contributed by atoms with E-state index in [1.54, 1.807) is 16.3 Å². The Balaban J connectivity index is 2.25. The summed E-state index contributed by atoms with van der Waals surface area (Å²) in [5.74, 6) is 1.66. The Kier molecular flexibility index (Phi) is 3.80. The fourth-order valence-corrected chi connectivity index (χ4v) is 4.03. The molecule has 3 rings (SSSR count). The highest BCUT2D eigenvalue weighted by Gasteiger charge is 2.16. The van der Waals surface area contributed by atoms with Gasteiger partial charge in [-0.05, 0) is 24.8 Å². The highest BCUT2D eigenvalue weighted by Crippen LogP contribution is 2.24. The van der Waals surface area contributed by atoms with Gasteiger partial charge in [0.15, 0.2) is 5.16 Å². The molecule has 106 valence electrons. The summed E-state index contributed by atoms with van der Waals surface area (Å²) in [5, 5.41) is 11.3. The van der Waals surface area contributed by atoms with E-state index < -0.39 is 0 Å². The van der Waals surface area contributed by atoms with Crippen LogP contribution in [0.25, 0.3) is 16.0 Å². The maximum absolute atomic E-state index is 12.4. The number of thiophene rings is 1. The van der Waals surface area contributed by atoms with Crippen molar-refractivity contribution in [1.82, 2.24) is 19.2 Å². The molecule has 0 aromatic carbocycles. The molecule has 20 heavy (non-hydrogen) atoms. The lowest BCUT2D eigenvalue weighted by molar-refractivity contribution is 0.735. The molecule has 3 aromatic heterocycles. The molecule has 0 saturated carbocycles. The smallest absolute Gasteiger partial charge is 0.272 e. The molecule has 0 amide bonds. The van der Waals surface area contributed by atoms with Crippen molar-refractivity contribution in [1.29, 1.82) is 0 Å². The summed E-state index contributed by atoms with van der Waals surface area (Å²) in [6.45, 7) is 4.74. The van der Waals surface area contributed by atoms with Gasteiger partial charge in [0.2, 0.25) is 5.78 Å². The van der Waals surface area contributed by atoms with Crippen LogP contribution < -0.4 is 5.56 Å². The van der Waals surface area contributed by atoms with Gasteiger partial charge < -0.3 is 0 Å². The minimum Gasteiger partial charge on any atom is -0.276 e. The molecule has 0 aliphatic carbocycles. The minimum atomic E-state index is 0.0301. The molecular formula is C13H16N4OS2. The second kappa shape index (κ2) is 5.57. The lowest BCUT2D eigenvalue weighted by Gasteiger charge is -2.06. The number of hydrogen-bond acceptors (Lipinski definition) is 5. The zero-order chi connectivity index (χ0) is 14.1. The minimum absolute atomic E-state index is 0.0301. The number of rotatable bonds is 5. The van der Waals surface area contributed by atoms with Crippen LogP contribution in [0.1, 0.15) is 26.7 Å². The van der Waals surface area contributed by atoms with Crippen LogP contribution >= 0.6 is 23.1 Å². The van der Waals surface area contributed by atoms with Gasteiger partial charge >= 0.3 is 0 Å². The quantitative estimate of drug-likeness (QED) is 0.537. The van der Waals surface area contributed by atoms with E-state index in [0.717, 1.165) is 34.0 Å². The van der Waals surface area contributed by atoms with Gasteiger partial charge in [-0.15, -0.1) is 21.5 Å². The normalized spacial score (nSPS) is 11.7. The van der Waals surface area contributed by atoms with Crippen molar-refractivity contribution < 1.29 is 0 Å². The van der Waals surface area contributed by atoms with Crippen LogP contribution in [0.15, 0.2) is 21.4 Å². The average Bonchev–Trinajstić information content (AvgIpc) is 3.06. The van der Waals surface area contributed by atoms with Gasteiger partial charge in [0, 0.05) is 12.3 Å². The highest BCUT2D eigenvalue weighted by molar-refractivity contribution is 7.99. The summed E-state index contributed by atoms with van der Waals surface area (Å²) in [5.41, 5.74) is 0.950. The summed E-state index contributed by atoms with van der Waals surface area (Å²) in [6, 6.07) is 1.97. The molecule has 3 aromatic rings. The Bertz CT molecular complexity index is 802. The molecule has 0 N–H and O–H groups in total. The maximum atomic E-state index is 12.4. The first-order valence-electron chi connectivity index (χ1n) is 6.75. The van der Waals surface area contributed by atoms with Crippen molar-refractivity contribution in [2.24, 2.45) is 0 Å². The Morgan fingerprint density at radius 1 is 1.35 bits per heavy atom. The van der Waals surface area contributed by atoms with Crippen molar-refractivity contribution in [3.63, 3.8) is 0 Å². The van der Waals surface area contributed by atoms with Gasteiger partial charge in [-0.2, -0.15) is 0 Å². The molecule has 0 spiro atoms. The van der Waals surface area contributed by atoms with Gasteiger partial charge in [-0.1, -0.05) is 25.1 Å². The molecule has 7 heteroatoms. The van der Waals surface area contributed by atoms with Crippen molar-refractivity contribution in [2.75, 3.05) is 5.75 Å². The van der Waals surface area contributed by atoms with Crippen molar-refractivity contribution in [2.45, 2.75) is 38.4 Å². The third-order valence-corrected chi connectivity index (χ3v) is 5.13. The second-order valence-electron chi connectivity index (χ2n) is 4.50. The molecule has 0 bridgehead atoms. The summed E-state index contributed by atoms with van der Waals surface area (Å²) in [4.78, 5) is 12.4. The van der Waals surface area contributed by atoms with Crippen molar-refractivity contribution in [3.8, 4) is 0 Å². The number of unbranched alkanes of at least 4 members (excludes halogenated alkanes) is 1. The van der Waals surface area contributed by atoms with Crippen LogP contribution in [-0.2, 0) is 6.54 Å². The summed E-state index contributed by atoms with van der Waals surface area (Å²) in [7, 11) is 0. The van der Waals surface area contributed by atoms with Crippen LogP contribution in [0.2, 0.25) is 0 Å². The first-order chi connectivity index (χ1) is 9.77. The molecule has 0 aliphatic heterocycles. The fraction of sp³-hybridized carbons (Fsp3) is 0.462. The lowest BCUT2D eigenvalue weighted by Crippen LogP contribution is -2.21. The van der Waals surface area contributed by atoms with E-state index in [4.69, 9.17) is 0 Å². The predicted molar refractivity (Wildman–Crippen MR) is 83.9 cm³/mol. The third-order valence-electron chi connectivity index (χ3n) is 3.23. The average molecular weight is 308 g/mol. The SMILES string of the molecule is CCCCSc1nnc2n(CC)c(=O)c3sccc3n12. The monoisotopic (exact) mass is 308 g/mol. The molecule has 0 unspecified atom stereocenters. The number of thioether (sulfide) groups is 1. The van der Waals surface area contributed by atoms with Crippen molar-refractivity contribution in [3.05, 3.63) is 21.8 Å². The number of aromatic nitrogens is 4. The number of fused-ring (bicyclic) bond motifs is 3. The van der Waals surface area contributed by atoms with Crippen LogP contribution in [0.4, 0.5) is 0 Å². The Morgan fingerprint density at radius 2 is 2.20 bits per heavy atom. The number of hydrogen-bond donors (Lipinski definition) is 0. The van der Waals surface area contributed by atoms with Gasteiger partial charge in [0.1, 0.15) is 4.70 Å². The van der Waals surface area contributed by atoms with E-state index in [0.29, 0.717) is 12.3 Å². The summed E-state index contributed by atoms with van der Waals surface area (Å²) < 4.78 is 4.48. The topological polar surface area (TPSA) is 52.2 Å². The van der Waals surface area contributed by atoms with E-state index in [1.165, 1.54) is 11.3 Å². The molecule has 0 radical (unpaired) electrons.